The Morgan fingerprint density at radius 1 is 1.43 bits per heavy atom. The SMILES string of the molecule is Cc1c(Br)cnn1C(C)C(=O)Nc1nc2ccccc2s1. The van der Waals surface area contributed by atoms with Gasteiger partial charge < -0.3 is 5.32 Å². The molecule has 2 aromatic heterocycles. The van der Waals surface area contributed by atoms with Gasteiger partial charge in [0.15, 0.2) is 5.13 Å². The molecule has 1 aromatic carbocycles. The highest BCUT2D eigenvalue weighted by atomic mass is 79.9. The Kier molecular flexibility index (Phi) is 3.77. The molecule has 0 bridgehead atoms. The molecule has 1 unspecified atom stereocenters. The number of benzene rings is 1. The number of carbonyl (C=O) groups is 1. The zero-order chi connectivity index (χ0) is 15.0. The Morgan fingerprint density at radius 2 is 2.19 bits per heavy atom. The highest BCUT2D eigenvalue weighted by Gasteiger charge is 2.19. The Hall–Kier alpha value is -1.73. The molecule has 1 N–H and O–H groups in total. The van der Waals surface area contributed by atoms with Crippen molar-refractivity contribution in [3.63, 3.8) is 0 Å². The second-order valence-corrected chi connectivity index (χ2v) is 6.56. The predicted octanol–water partition coefficient (Wildman–Crippen LogP) is 3.76. The normalized spacial score (nSPS) is 12.5. The van der Waals surface area contributed by atoms with Crippen LogP contribution in [0, 0.1) is 6.92 Å². The van der Waals surface area contributed by atoms with E-state index in [9.17, 15) is 4.79 Å². The summed E-state index contributed by atoms with van der Waals surface area (Å²) in [6.07, 6.45) is 1.69. The summed E-state index contributed by atoms with van der Waals surface area (Å²) in [7, 11) is 0. The number of thiazole rings is 1. The molecule has 1 atom stereocenters. The number of hydrogen-bond donors (Lipinski definition) is 1. The average Bonchev–Trinajstić information content (AvgIpc) is 3.02. The van der Waals surface area contributed by atoms with Gasteiger partial charge in [-0.05, 0) is 41.9 Å². The van der Waals surface area contributed by atoms with Crippen LogP contribution in [0.3, 0.4) is 0 Å². The standard InChI is InChI=1S/C14H13BrN4OS/c1-8-10(15)7-16-19(8)9(2)13(20)18-14-17-11-5-3-4-6-12(11)21-14/h3-7,9H,1-2H3,(H,17,18,20). The highest BCUT2D eigenvalue weighted by molar-refractivity contribution is 9.10. The fraction of sp³-hybridized carbons (Fsp3) is 0.214. The summed E-state index contributed by atoms with van der Waals surface area (Å²) in [6, 6.07) is 7.41. The van der Waals surface area contributed by atoms with Crippen molar-refractivity contribution < 1.29 is 4.79 Å². The molecule has 2 heterocycles. The first-order chi connectivity index (χ1) is 10.1. The van der Waals surface area contributed by atoms with Gasteiger partial charge in [-0.3, -0.25) is 9.48 Å². The first-order valence-electron chi connectivity index (χ1n) is 6.42. The third kappa shape index (κ3) is 2.71. The van der Waals surface area contributed by atoms with E-state index in [1.807, 2.05) is 38.1 Å². The summed E-state index contributed by atoms with van der Waals surface area (Å²) in [4.78, 5) is 16.7. The number of amides is 1. The van der Waals surface area contributed by atoms with Crippen LogP contribution in [0.15, 0.2) is 34.9 Å². The monoisotopic (exact) mass is 364 g/mol. The minimum Gasteiger partial charge on any atom is -0.300 e. The lowest BCUT2D eigenvalue weighted by atomic mass is 10.3. The number of anilines is 1. The van der Waals surface area contributed by atoms with E-state index in [0.717, 1.165) is 20.4 Å². The number of halogens is 1. The molecular weight excluding hydrogens is 352 g/mol. The lowest BCUT2D eigenvalue weighted by molar-refractivity contribution is -0.119. The van der Waals surface area contributed by atoms with E-state index in [4.69, 9.17) is 0 Å². The first-order valence-corrected chi connectivity index (χ1v) is 8.03. The second kappa shape index (κ2) is 5.57. The molecular formula is C14H13BrN4OS. The van der Waals surface area contributed by atoms with Gasteiger partial charge in [0.1, 0.15) is 6.04 Å². The quantitative estimate of drug-likeness (QED) is 0.769. The molecule has 0 saturated carbocycles. The fourth-order valence-corrected chi connectivity index (χ4v) is 3.18. The lowest BCUT2D eigenvalue weighted by Gasteiger charge is -2.13. The van der Waals surface area contributed by atoms with Crippen LogP contribution >= 0.6 is 27.3 Å². The lowest BCUT2D eigenvalue weighted by Crippen LogP contribution is -2.25. The Bertz CT molecular complexity index is 777. The minimum atomic E-state index is -0.400. The van der Waals surface area contributed by atoms with Crippen molar-refractivity contribution in [1.82, 2.24) is 14.8 Å². The molecule has 0 aliphatic carbocycles. The number of carbonyl (C=O) groups excluding carboxylic acids is 1. The number of hydrogen-bond acceptors (Lipinski definition) is 4. The maximum Gasteiger partial charge on any atom is 0.250 e. The van der Waals surface area contributed by atoms with E-state index < -0.39 is 6.04 Å². The molecule has 3 rings (SSSR count). The number of aromatic nitrogens is 3. The smallest absolute Gasteiger partial charge is 0.250 e. The molecule has 0 aliphatic heterocycles. The van der Waals surface area contributed by atoms with Gasteiger partial charge in [-0.1, -0.05) is 23.5 Å². The summed E-state index contributed by atoms with van der Waals surface area (Å²) in [5.41, 5.74) is 1.81. The van der Waals surface area contributed by atoms with E-state index in [2.05, 4.69) is 31.3 Å². The molecule has 7 heteroatoms. The molecule has 0 radical (unpaired) electrons. The molecule has 5 nitrogen and oxygen atoms in total. The number of rotatable bonds is 3. The van der Waals surface area contributed by atoms with Crippen molar-refractivity contribution in [1.29, 1.82) is 0 Å². The summed E-state index contributed by atoms with van der Waals surface area (Å²) >= 11 is 4.86. The van der Waals surface area contributed by atoms with Gasteiger partial charge in [0.05, 0.1) is 26.6 Å². The average molecular weight is 365 g/mol. The second-order valence-electron chi connectivity index (χ2n) is 4.67. The summed E-state index contributed by atoms with van der Waals surface area (Å²) in [5.74, 6) is -0.132. The number of nitrogens with zero attached hydrogens (tertiary/aromatic N) is 3. The number of nitrogens with one attached hydrogen (secondary N) is 1. The zero-order valence-electron chi connectivity index (χ0n) is 11.5. The van der Waals surface area contributed by atoms with Gasteiger partial charge in [0.25, 0.3) is 5.91 Å². The fourth-order valence-electron chi connectivity index (χ4n) is 2.04. The van der Waals surface area contributed by atoms with Gasteiger partial charge in [0.2, 0.25) is 0 Å². The largest absolute Gasteiger partial charge is 0.300 e. The Balaban J connectivity index is 1.81. The van der Waals surface area contributed by atoms with Gasteiger partial charge in [-0.2, -0.15) is 5.10 Å². The van der Waals surface area contributed by atoms with Crippen LogP contribution in [-0.2, 0) is 4.79 Å². The van der Waals surface area contributed by atoms with Gasteiger partial charge in [-0.25, -0.2) is 4.98 Å². The first kappa shape index (κ1) is 14.2. The predicted molar refractivity (Wildman–Crippen MR) is 87.6 cm³/mol. The Morgan fingerprint density at radius 3 is 2.86 bits per heavy atom. The van der Waals surface area contributed by atoms with Crippen molar-refractivity contribution in [3.05, 3.63) is 40.6 Å². The van der Waals surface area contributed by atoms with E-state index in [1.165, 1.54) is 11.3 Å². The summed E-state index contributed by atoms with van der Waals surface area (Å²) in [5, 5.41) is 7.68. The van der Waals surface area contributed by atoms with Gasteiger partial charge in [-0.15, -0.1) is 0 Å². The molecule has 0 aliphatic rings. The number of para-hydroxylation sites is 1. The molecule has 0 spiro atoms. The van der Waals surface area contributed by atoms with Crippen molar-refractivity contribution in [3.8, 4) is 0 Å². The van der Waals surface area contributed by atoms with E-state index in [-0.39, 0.29) is 5.91 Å². The van der Waals surface area contributed by atoms with Gasteiger partial charge in [0, 0.05) is 0 Å². The highest BCUT2D eigenvalue weighted by Crippen LogP contribution is 2.26. The van der Waals surface area contributed by atoms with Crippen LogP contribution < -0.4 is 5.32 Å². The van der Waals surface area contributed by atoms with Crippen molar-refractivity contribution >= 4 is 48.5 Å². The summed E-state index contributed by atoms with van der Waals surface area (Å²) < 4.78 is 3.63. The minimum absolute atomic E-state index is 0.132. The molecule has 0 fully saturated rings. The van der Waals surface area contributed by atoms with E-state index >= 15 is 0 Å². The maximum atomic E-state index is 12.3. The van der Waals surface area contributed by atoms with Crippen LogP contribution in [0.4, 0.5) is 5.13 Å². The van der Waals surface area contributed by atoms with Crippen LogP contribution in [0.2, 0.25) is 0 Å². The van der Waals surface area contributed by atoms with Crippen LogP contribution in [0.1, 0.15) is 18.7 Å². The third-order valence-electron chi connectivity index (χ3n) is 3.26. The van der Waals surface area contributed by atoms with Crippen LogP contribution in [0.5, 0.6) is 0 Å². The van der Waals surface area contributed by atoms with Crippen molar-refractivity contribution in [2.24, 2.45) is 0 Å². The zero-order valence-corrected chi connectivity index (χ0v) is 13.9. The maximum absolute atomic E-state index is 12.3. The van der Waals surface area contributed by atoms with Crippen LogP contribution in [-0.4, -0.2) is 20.7 Å². The third-order valence-corrected chi connectivity index (χ3v) is 4.99. The van der Waals surface area contributed by atoms with Crippen molar-refractivity contribution in [2.45, 2.75) is 19.9 Å². The summed E-state index contributed by atoms with van der Waals surface area (Å²) in [6.45, 7) is 3.73. The molecule has 108 valence electrons. The van der Waals surface area contributed by atoms with Crippen molar-refractivity contribution in [2.75, 3.05) is 5.32 Å². The van der Waals surface area contributed by atoms with Gasteiger partial charge >= 0.3 is 0 Å². The molecule has 1 amide bonds. The molecule has 0 saturated heterocycles. The topological polar surface area (TPSA) is 59.8 Å². The number of fused-ring (bicyclic) bond motifs is 1. The molecule has 3 aromatic rings. The molecule has 21 heavy (non-hydrogen) atoms. The Labute approximate surface area is 134 Å². The van der Waals surface area contributed by atoms with Crippen LogP contribution in [0.25, 0.3) is 10.2 Å². The van der Waals surface area contributed by atoms with E-state index in [0.29, 0.717) is 5.13 Å². The van der Waals surface area contributed by atoms with E-state index in [1.54, 1.807) is 10.9 Å².